The van der Waals surface area contributed by atoms with E-state index in [-0.39, 0.29) is 16.5 Å². The van der Waals surface area contributed by atoms with E-state index in [1.165, 1.54) is 26.1 Å². The molecule has 0 atom stereocenters. The molecule has 1 aromatic heterocycles. The van der Waals surface area contributed by atoms with Gasteiger partial charge in [0, 0.05) is 7.05 Å². The van der Waals surface area contributed by atoms with E-state index in [2.05, 4.69) is 4.98 Å². The number of hydrogen-bond donors (Lipinski definition) is 2. The van der Waals surface area contributed by atoms with Crippen LogP contribution < -0.4 is 11.2 Å². The van der Waals surface area contributed by atoms with E-state index in [0.717, 1.165) is 4.57 Å². The van der Waals surface area contributed by atoms with E-state index < -0.39 is 26.3 Å². The molecule has 96 valence electrons. The van der Waals surface area contributed by atoms with Crippen molar-refractivity contribution in [2.24, 2.45) is 7.05 Å². The van der Waals surface area contributed by atoms with Crippen LogP contribution in [-0.4, -0.2) is 22.5 Å². The summed E-state index contributed by atoms with van der Waals surface area (Å²) >= 11 is 0. The monoisotopic (exact) mass is 270 g/mol. The molecule has 8 heteroatoms. The van der Waals surface area contributed by atoms with Crippen molar-refractivity contribution in [3.8, 4) is 0 Å². The van der Waals surface area contributed by atoms with E-state index in [4.69, 9.17) is 0 Å². The quantitative estimate of drug-likeness (QED) is 0.696. The van der Waals surface area contributed by atoms with Crippen molar-refractivity contribution >= 4 is 21.0 Å². The predicted molar refractivity (Wildman–Crippen MR) is 64.4 cm³/mol. The highest BCUT2D eigenvalue weighted by Gasteiger charge is 2.21. The lowest BCUT2D eigenvalue weighted by Crippen LogP contribution is -2.33. The Kier molecular flexibility index (Phi) is 2.63. The van der Waals surface area contributed by atoms with Gasteiger partial charge >= 0.3 is 5.69 Å². The van der Waals surface area contributed by atoms with Gasteiger partial charge in [0.15, 0.2) is 0 Å². The summed E-state index contributed by atoms with van der Waals surface area (Å²) in [6.07, 6.45) is 0. The Balaban J connectivity index is 3.23. The number of aromatic amines is 1. The zero-order valence-corrected chi connectivity index (χ0v) is 10.4. The number of aryl methyl sites for hydroxylation is 1. The average molecular weight is 270 g/mol. The molecule has 1 aromatic carbocycles. The number of aromatic nitrogens is 2. The van der Waals surface area contributed by atoms with Crippen LogP contribution in [0.15, 0.2) is 26.6 Å². The highest BCUT2D eigenvalue weighted by Crippen LogP contribution is 2.21. The maximum absolute atomic E-state index is 11.9. The van der Waals surface area contributed by atoms with Crippen LogP contribution in [-0.2, 0) is 17.2 Å². The number of nitrogens with zero attached hydrogens (tertiary/aromatic N) is 1. The molecule has 2 rings (SSSR count). The highest BCUT2D eigenvalue weighted by atomic mass is 32.2. The van der Waals surface area contributed by atoms with Crippen molar-refractivity contribution in [3.63, 3.8) is 0 Å². The maximum atomic E-state index is 11.9. The Labute approximate surface area is 101 Å². The molecule has 0 aliphatic rings. The van der Waals surface area contributed by atoms with Gasteiger partial charge in [-0.05, 0) is 18.6 Å². The van der Waals surface area contributed by atoms with E-state index in [1.807, 2.05) is 0 Å². The SMILES string of the molecule is Cc1ccc2[nH]c(=O)n(C)c(=O)c2c1S(=O)(=O)O. The smallest absolute Gasteiger partial charge is 0.307 e. The molecular weight excluding hydrogens is 260 g/mol. The fraction of sp³-hybridized carbons (Fsp3) is 0.200. The Hall–Kier alpha value is -1.93. The lowest BCUT2D eigenvalue weighted by atomic mass is 10.1. The van der Waals surface area contributed by atoms with E-state index in [1.54, 1.807) is 0 Å². The summed E-state index contributed by atoms with van der Waals surface area (Å²) in [5, 5.41) is -0.223. The van der Waals surface area contributed by atoms with Gasteiger partial charge in [-0.1, -0.05) is 6.07 Å². The molecule has 0 bridgehead atoms. The number of benzene rings is 1. The molecule has 7 nitrogen and oxygen atoms in total. The Bertz CT molecular complexity index is 860. The first-order valence-electron chi connectivity index (χ1n) is 4.93. The first kappa shape index (κ1) is 12.5. The van der Waals surface area contributed by atoms with Crippen LogP contribution in [0.2, 0.25) is 0 Å². The van der Waals surface area contributed by atoms with Gasteiger partial charge in [-0.3, -0.25) is 13.9 Å². The van der Waals surface area contributed by atoms with Crippen LogP contribution >= 0.6 is 0 Å². The van der Waals surface area contributed by atoms with Gasteiger partial charge in [0.2, 0.25) is 0 Å². The summed E-state index contributed by atoms with van der Waals surface area (Å²) < 4.78 is 32.6. The van der Waals surface area contributed by atoms with Gasteiger partial charge in [0.05, 0.1) is 10.9 Å². The molecule has 0 aliphatic carbocycles. The molecule has 0 saturated carbocycles. The van der Waals surface area contributed by atoms with Crippen LogP contribution in [0.4, 0.5) is 0 Å². The fourth-order valence-electron chi connectivity index (χ4n) is 1.79. The Morgan fingerprint density at radius 2 is 1.89 bits per heavy atom. The molecule has 1 heterocycles. The third-order valence-electron chi connectivity index (χ3n) is 2.68. The van der Waals surface area contributed by atoms with Crippen LogP contribution in [0, 0.1) is 6.92 Å². The summed E-state index contributed by atoms with van der Waals surface area (Å²) in [6.45, 7) is 1.45. The van der Waals surface area contributed by atoms with Crippen LogP contribution in [0.5, 0.6) is 0 Å². The zero-order valence-electron chi connectivity index (χ0n) is 9.59. The number of fused-ring (bicyclic) bond motifs is 1. The van der Waals surface area contributed by atoms with Crippen molar-refractivity contribution in [2.45, 2.75) is 11.8 Å². The van der Waals surface area contributed by atoms with Gasteiger partial charge in [0.1, 0.15) is 4.90 Å². The summed E-state index contributed by atoms with van der Waals surface area (Å²) in [4.78, 5) is 25.2. The van der Waals surface area contributed by atoms with Crippen molar-refractivity contribution < 1.29 is 13.0 Å². The molecule has 0 fully saturated rings. The van der Waals surface area contributed by atoms with Crippen molar-refractivity contribution in [3.05, 3.63) is 38.5 Å². The Morgan fingerprint density at radius 3 is 2.44 bits per heavy atom. The molecule has 0 aliphatic heterocycles. The second-order valence-electron chi connectivity index (χ2n) is 3.90. The number of rotatable bonds is 1. The van der Waals surface area contributed by atoms with Gasteiger partial charge in [-0.15, -0.1) is 0 Å². The van der Waals surface area contributed by atoms with Crippen molar-refractivity contribution in [2.75, 3.05) is 0 Å². The third-order valence-corrected chi connectivity index (χ3v) is 3.72. The van der Waals surface area contributed by atoms with Crippen LogP contribution in [0.25, 0.3) is 10.9 Å². The predicted octanol–water partition coefficient (Wildman–Crippen LogP) is -0.218. The lowest BCUT2D eigenvalue weighted by molar-refractivity contribution is 0.483. The minimum atomic E-state index is -4.55. The van der Waals surface area contributed by atoms with E-state index in [0.29, 0.717) is 0 Å². The number of H-pyrrole nitrogens is 1. The molecule has 2 aromatic rings. The molecule has 0 unspecified atom stereocenters. The largest absolute Gasteiger partial charge is 0.328 e. The molecule has 0 saturated heterocycles. The molecule has 0 amide bonds. The first-order chi connectivity index (χ1) is 8.23. The van der Waals surface area contributed by atoms with Crippen LogP contribution in [0.1, 0.15) is 5.56 Å². The molecule has 2 N–H and O–H groups in total. The summed E-state index contributed by atoms with van der Waals surface area (Å²) in [5.74, 6) is 0. The number of nitrogens with one attached hydrogen (secondary N) is 1. The zero-order chi connectivity index (χ0) is 13.7. The van der Waals surface area contributed by atoms with E-state index >= 15 is 0 Å². The van der Waals surface area contributed by atoms with Gasteiger partial charge in [-0.25, -0.2) is 4.79 Å². The first-order valence-corrected chi connectivity index (χ1v) is 6.37. The van der Waals surface area contributed by atoms with Gasteiger partial charge in [0.25, 0.3) is 15.7 Å². The summed E-state index contributed by atoms with van der Waals surface area (Å²) in [7, 11) is -3.33. The van der Waals surface area contributed by atoms with Crippen LogP contribution in [0.3, 0.4) is 0 Å². The Morgan fingerprint density at radius 1 is 1.28 bits per heavy atom. The maximum Gasteiger partial charge on any atom is 0.328 e. The standard InChI is InChI=1S/C10H10N2O5S/c1-5-3-4-6-7(8(5)18(15,16)17)9(13)12(2)10(14)11-6/h3-4H,1-2H3,(H,11,14)(H,15,16,17). The lowest BCUT2D eigenvalue weighted by Gasteiger charge is -2.07. The molecule has 0 spiro atoms. The minimum Gasteiger partial charge on any atom is -0.307 e. The third kappa shape index (κ3) is 1.75. The number of hydrogen-bond acceptors (Lipinski definition) is 4. The fourth-order valence-corrected chi connectivity index (χ4v) is 2.72. The van der Waals surface area contributed by atoms with Crippen molar-refractivity contribution in [1.29, 1.82) is 0 Å². The summed E-state index contributed by atoms with van der Waals surface area (Å²) in [6, 6.07) is 2.82. The van der Waals surface area contributed by atoms with Crippen molar-refractivity contribution in [1.82, 2.24) is 9.55 Å². The molecular formula is C10H10N2O5S. The summed E-state index contributed by atoms with van der Waals surface area (Å²) in [5.41, 5.74) is -1.13. The normalized spacial score (nSPS) is 11.9. The minimum absolute atomic E-state index is 0.0707. The average Bonchev–Trinajstić information content (AvgIpc) is 2.25. The topological polar surface area (TPSA) is 109 Å². The van der Waals surface area contributed by atoms with Gasteiger partial charge in [-0.2, -0.15) is 8.42 Å². The highest BCUT2D eigenvalue weighted by molar-refractivity contribution is 7.86. The van der Waals surface area contributed by atoms with E-state index in [9.17, 15) is 22.6 Å². The van der Waals surface area contributed by atoms with Gasteiger partial charge < -0.3 is 4.98 Å². The second-order valence-corrected chi connectivity index (χ2v) is 5.26. The molecule has 18 heavy (non-hydrogen) atoms. The second kappa shape index (κ2) is 3.79. The molecule has 0 radical (unpaired) electrons.